The monoisotopic (exact) mass is 185 g/mol. The maximum absolute atomic E-state index is 10.7. The molecule has 2 saturated heterocycles. The fourth-order valence-corrected chi connectivity index (χ4v) is 2.37. The average Bonchev–Trinajstić information content (AvgIpc) is 2.47. The first-order chi connectivity index (χ1) is 6.03. The Hall–Kier alpha value is -0.450. The first kappa shape index (κ1) is 9.12. The normalized spacial score (nSPS) is 47.6. The number of carbonyl (C=O) groups is 1. The molecule has 2 aliphatic rings. The number of hydrogen-bond donors (Lipinski definition) is 2. The third-order valence-corrected chi connectivity index (χ3v) is 2.89. The van der Waals surface area contributed by atoms with Crippen molar-refractivity contribution in [2.45, 2.75) is 44.2 Å². The molecule has 0 aromatic carbocycles. The van der Waals surface area contributed by atoms with Gasteiger partial charge in [0.05, 0.1) is 11.6 Å². The largest absolute Gasteiger partial charge is 0.376 e. The molecule has 13 heavy (non-hydrogen) atoms. The predicted molar refractivity (Wildman–Crippen MR) is 46.1 cm³/mol. The number of ether oxygens (including phenoxy) is 1. The number of aliphatic hydroxyl groups excluding tert-OH is 1. The van der Waals surface area contributed by atoms with Gasteiger partial charge in [0.2, 0.25) is 0 Å². The summed E-state index contributed by atoms with van der Waals surface area (Å²) in [7, 11) is 0. The van der Waals surface area contributed by atoms with Gasteiger partial charge < -0.3 is 14.6 Å². The maximum atomic E-state index is 10.7. The first-order valence-corrected chi connectivity index (χ1v) is 4.61. The van der Waals surface area contributed by atoms with Gasteiger partial charge in [-0.1, -0.05) is 0 Å². The highest BCUT2D eigenvalue weighted by molar-refractivity contribution is 5.59. The van der Waals surface area contributed by atoms with Crippen LogP contribution in [0.3, 0.4) is 0 Å². The van der Waals surface area contributed by atoms with Gasteiger partial charge in [-0.2, -0.15) is 0 Å². The fourth-order valence-electron chi connectivity index (χ4n) is 2.37. The Kier molecular flexibility index (Phi) is 1.94. The molecule has 4 atom stereocenters. The molecular weight excluding hydrogens is 170 g/mol. The molecule has 0 radical (unpaired) electrons. The van der Waals surface area contributed by atoms with Gasteiger partial charge in [0.15, 0.2) is 0 Å². The van der Waals surface area contributed by atoms with Crippen molar-refractivity contribution in [3.63, 3.8) is 0 Å². The lowest BCUT2D eigenvalue weighted by Gasteiger charge is -2.21. The minimum absolute atomic E-state index is 0.127. The molecular formula is C9H15NO3. The number of aliphatic hydroxyl groups is 1. The molecule has 4 heteroatoms. The minimum atomic E-state index is -0.693. The van der Waals surface area contributed by atoms with Gasteiger partial charge in [0.25, 0.3) is 0 Å². The van der Waals surface area contributed by atoms with E-state index in [0.717, 1.165) is 12.7 Å². The van der Waals surface area contributed by atoms with Gasteiger partial charge in [-0.3, -0.25) is 5.32 Å². The minimum Gasteiger partial charge on any atom is -0.376 e. The second-order valence-electron chi connectivity index (χ2n) is 4.48. The van der Waals surface area contributed by atoms with Gasteiger partial charge in [0.1, 0.15) is 18.6 Å². The van der Waals surface area contributed by atoms with Crippen molar-refractivity contribution < 1.29 is 14.6 Å². The van der Waals surface area contributed by atoms with Crippen molar-refractivity contribution in [3.05, 3.63) is 0 Å². The topological polar surface area (TPSA) is 58.6 Å². The SMILES string of the molecule is CC1(C)C[C@@H]2[C@@H](C=O)NC(O)[C@@H]2O1. The molecule has 2 N–H and O–H groups in total. The Morgan fingerprint density at radius 3 is 2.92 bits per heavy atom. The molecule has 0 saturated carbocycles. The van der Waals surface area contributed by atoms with Crippen LogP contribution >= 0.6 is 0 Å². The highest BCUT2D eigenvalue weighted by atomic mass is 16.5. The highest BCUT2D eigenvalue weighted by Gasteiger charge is 2.52. The molecule has 0 bridgehead atoms. The van der Waals surface area contributed by atoms with E-state index >= 15 is 0 Å². The van der Waals surface area contributed by atoms with Crippen molar-refractivity contribution in [1.82, 2.24) is 5.32 Å². The van der Waals surface area contributed by atoms with Crippen molar-refractivity contribution in [2.75, 3.05) is 0 Å². The van der Waals surface area contributed by atoms with Crippen molar-refractivity contribution in [3.8, 4) is 0 Å². The summed E-state index contributed by atoms with van der Waals surface area (Å²) in [6, 6.07) is -0.248. The van der Waals surface area contributed by atoms with Crippen LogP contribution in [0.1, 0.15) is 20.3 Å². The quantitative estimate of drug-likeness (QED) is 0.549. The van der Waals surface area contributed by atoms with E-state index in [1.807, 2.05) is 13.8 Å². The lowest BCUT2D eigenvalue weighted by Crippen LogP contribution is -2.37. The third kappa shape index (κ3) is 1.39. The lowest BCUT2D eigenvalue weighted by atomic mass is 9.91. The van der Waals surface area contributed by atoms with Gasteiger partial charge >= 0.3 is 0 Å². The summed E-state index contributed by atoms with van der Waals surface area (Å²) >= 11 is 0. The number of hydrogen-bond acceptors (Lipinski definition) is 4. The molecule has 4 nitrogen and oxygen atoms in total. The Morgan fingerprint density at radius 2 is 2.31 bits per heavy atom. The summed E-state index contributed by atoms with van der Waals surface area (Å²) in [6.45, 7) is 3.97. The van der Waals surface area contributed by atoms with Crippen LogP contribution in [0.25, 0.3) is 0 Å². The van der Waals surface area contributed by atoms with Crippen molar-refractivity contribution >= 4 is 6.29 Å². The molecule has 2 fully saturated rings. The zero-order chi connectivity index (χ0) is 9.64. The summed E-state index contributed by atoms with van der Waals surface area (Å²) in [4.78, 5) is 10.7. The summed E-state index contributed by atoms with van der Waals surface area (Å²) < 4.78 is 5.65. The average molecular weight is 185 g/mol. The van der Waals surface area contributed by atoms with Crippen LogP contribution in [0, 0.1) is 5.92 Å². The van der Waals surface area contributed by atoms with Crippen LogP contribution in [-0.2, 0) is 9.53 Å². The van der Waals surface area contributed by atoms with E-state index in [1.165, 1.54) is 0 Å². The van der Waals surface area contributed by atoms with Gasteiger partial charge in [-0.05, 0) is 20.3 Å². The molecule has 2 rings (SSSR count). The first-order valence-electron chi connectivity index (χ1n) is 4.61. The number of carbonyl (C=O) groups excluding carboxylic acids is 1. The Morgan fingerprint density at radius 1 is 1.62 bits per heavy atom. The van der Waals surface area contributed by atoms with Crippen LogP contribution in [0.5, 0.6) is 0 Å². The molecule has 0 aromatic rings. The van der Waals surface area contributed by atoms with E-state index in [2.05, 4.69) is 5.32 Å². The maximum Gasteiger partial charge on any atom is 0.137 e. The third-order valence-electron chi connectivity index (χ3n) is 2.89. The second-order valence-corrected chi connectivity index (χ2v) is 4.48. The summed E-state index contributed by atoms with van der Waals surface area (Å²) in [5.41, 5.74) is -0.209. The Balaban J connectivity index is 2.17. The molecule has 1 unspecified atom stereocenters. The Bertz CT molecular complexity index is 229. The fraction of sp³-hybridized carbons (Fsp3) is 0.889. The van der Waals surface area contributed by atoms with E-state index in [9.17, 15) is 9.90 Å². The Labute approximate surface area is 77.3 Å². The number of fused-ring (bicyclic) bond motifs is 1. The summed E-state index contributed by atoms with van der Waals surface area (Å²) in [5.74, 6) is 0.127. The molecule has 0 aliphatic carbocycles. The highest BCUT2D eigenvalue weighted by Crippen LogP contribution is 2.40. The standard InChI is InChI=1S/C9H15NO3/c1-9(2)3-5-6(4-11)10-8(12)7(5)13-9/h4-8,10,12H,3H2,1-2H3/t5-,6-,7-,8?/m1/s1. The predicted octanol–water partition coefficient (Wildman–Crippen LogP) is -0.341. The molecule has 2 aliphatic heterocycles. The molecule has 0 spiro atoms. The number of rotatable bonds is 1. The lowest BCUT2D eigenvalue weighted by molar-refractivity contribution is -0.110. The number of nitrogens with one attached hydrogen (secondary N) is 1. The van der Waals surface area contributed by atoms with Crippen LogP contribution in [0.4, 0.5) is 0 Å². The van der Waals surface area contributed by atoms with Gasteiger partial charge in [-0.25, -0.2) is 0 Å². The number of aldehydes is 1. The zero-order valence-electron chi connectivity index (χ0n) is 7.86. The molecule has 0 aromatic heterocycles. The second kappa shape index (κ2) is 2.77. The van der Waals surface area contributed by atoms with Crippen LogP contribution in [0.2, 0.25) is 0 Å². The van der Waals surface area contributed by atoms with E-state index in [-0.39, 0.29) is 23.7 Å². The van der Waals surface area contributed by atoms with E-state index in [4.69, 9.17) is 4.74 Å². The van der Waals surface area contributed by atoms with Crippen LogP contribution in [0.15, 0.2) is 0 Å². The van der Waals surface area contributed by atoms with E-state index in [1.54, 1.807) is 0 Å². The summed E-state index contributed by atoms with van der Waals surface area (Å²) in [5, 5.41) is 12.3. The summed E-state index contributed by atoms with van der Waals surface area (Å²) in [6.07, 6.45) is 0.774. The van der Waals surface area contributed by atoms with Crippen molar-refractivity contribution in [1.29, 1.82) is 0 Å². The molecule has 2 heterocycles. The van der Waals surface area contributed by atoms with Gasteiger partial charge in [-0.15, -0.1) is 0 Å². The zero-order valence-corrected chi connectivity index (χ0v) is 7.86. The van der Waals surface area contributed by atoms with E-state index < -0.39 is 6.23 Å². The molecule has 0 amide bonds. The van der Waals surface area contributed by atoms with Crippen LogP contribution < -0.4 is 5.32 Å². The van der Waals surface area contributed by atoms with Crippen LogP contribution in [-0.4, -0.2) is 35.4 Å². The smallest absolute Gasteiger partial charge is 0.137 e. The molecule has 74 valence electrons. The van der Waals surface area contributed by atoms with E-state index in [0.29, 0.717) is 0 Å². The van der Waals surface area contributed by atoms with Crippen molar-refractivity contribution in [2.24, 2.45) is 5.92 Å². The van der Waals surface area contributed by atoms with Gasteiger partial charge in [0, 0.05) is 5.92 Å².